The normalized spacial score (nSPS) is 10.4. The van der Waals surface area contributed by atoms with E-state index in [1.165, 1.54) is 0 Å². The van der Waals surface area contributed by atoms with Gasteiger partial charge >= 0.3 is 0 Å². The van der Waals surface area contributed by atoms with Crippen molar-refractivity contribution in [1.29, 1.82) is 0 Å². The summed E-state index contributed by atoms with van der Waals surface area (Å²) in [4.78, 5) is 0. The first-order valence-electron chi connectivity index (χ1n) is 5.87. The number of benzene rings is 2. The van der Waals surface area contributed by atoms with E-state index in [1.807, 2.05) is 13.8 Å². The van der Waals surface area contributed by atoms with Crippen molar-refractivity contribution in [2.45, 2.75) is 13.8 Å². The van der Waals surface area contributed by atoms with Crippen LogP contribution in [0.5, 0.6) is 11.5 Å². The Kier molecular flexibility index (Phi) is 3.12. The molecule has 5 nitrogen and oxygen atoms in total. The van der Waals surface area contributed by atoms with Gasteiger partial charge in [-0.3, -0.25) is 0 Å². The third-order valence-electron chi connectivity index (χ3n) is 3.02. The Morgan fingerprint density at radius 2 is 1.00 bits per heavy atom. The lowest BCUT2D eigenvalue weighted by atomic mass is 10.1. The molecule has 0 radical (unpaired) electrons. The first kappa shape index (κ1) is 12.9. The van der Waals surface area contributed by atoms with Gasteiger partial charge in [-0.05, 0) is 37.1 Å². The molecule has 0 unspecified atom stereocenters. The average Bonchev–Trinajstić information content (AvgIpc) is 2.32. The van der Waals surface area contributed by atoms with Gasteiger partial charge in [0, 0.05) is 23.5 Å². The van der Waals surface area contributed by atoms with Crippen molar-refractivity contribution in [2.75, 3.05) is 22.9 Å². The van der Waals surface area contributed by atoms with Gasteiger partial charge in [-0.1, -0.05) is 0 Å². The van der Waals surface area contributed by atoms with Crippen LogP contribution in [-0.2, 0) is 0 Å². The van der Waals surface area contributed by atoms with E-state index in [4.69, 9.17) is 27.7 Å². The van der Waals surface area contributed by atoms with Gasteiger partial charge in [-0.15, -0.1) is 0 Å². The highest BCUT2D eigenvalue weighted by atomic mass is 16.5. The third kappa shape index (κ3) is 2.49. The number of nitrogen functional groups attached to an aromatic ring is 4. The summed E-state index contributed by atoms with van der Waals surface area (Å²) >= 11 is 0. The highest BCUT2D eigenvalue weighted by molar-refractivity contribution is 5.68. The SMILES string of the molecule is Cc1cc(N)c(Oc2cc(N)c(C)cc2N)cc1N. The van der Waals surface area contributed by atoms with Crippen molar-refractivity contribution in [3.63, 3.8) is 0 Å². The van der Waals surface area contributed by atoms with Gasteiger partial charge in [0.05, 0.1) is 11.4 Å². The van der Waals surface area contributed by atoms with Crippen LogP contribution >= 0.6 is 0 Å². The number of aryl methyl sites for hydroxylation is 2. The van der Waals surface area contributed by atoms with E-state index in [2.05, 4.69) is 0 Å². The number of anilines is 4. The molecule has 0 aliphatic heterocycles. The Bertz CT molecular complexity index is 582. The molecule has 0 saturated heterocycles. The topological polar surface area (TPSA) is 113 Å². The number of hydrogen-bond donors (Lipinski definition) is 4. The number of nitrogens with two attached hydrogens (primary N) is 4. The summed E-state index contributed by atoms with van der Waals surface area (Å²) in [5.41, 5.74) is 27.5. The lowest BCUT2D eigenvalue weighted by Gasteiger charge is -2.14. The molecule has 0 atom stereocenters. The summed E-state index contributed by atoms with van der Waals surface area (Å²) in [5.74, 6) is 0.941. The molecule has 0 saturated carbocycles. The van der Waals surface area contributed by atoms with Crippen molar-refractivity contribution in [2.24, 2.45) is 0 Å². The fourth-order valence-corrected chi connectivity index (χ4v) is 1.75. The van der Waals surface area contributed by atoms with Crippen molar-refractivity contribution in [1.82, 2.24) is 0 Å². The molecule has 19 heavy (non-hydrogen) atoms. The maximum Gasteiger partial charge on any atom is 0.152 e. The molecule has 2 aromatic carbocycles. The minimum atomic E-state index is 0.470. The van der Waals surface area contributed by atoms with Crippen LogP contribution in [0.2, 0.25) is 0 Å². The summed E-state index contributed by atoms with van der Waals surface area (Å²) in [5, 5.41) is 0. The van der Waals surface area contributed by atoms with Gasteiger partial charge in [0.15, 0.2) is 11.5 Å². The Hall–Kier alpha value is -2.56. The molecule has 0 bridgehead atoms. The lowest BCUT2D eigenvalue weighted by Crippen LogP contribution is -2.00. The first-order chi connectivity index (χ1) is 8.88. The van der Waals surface area contributed by atoms with Crippen LogP contribution in [0, 0.1) is 13.8 Å². The van der Waals surface area contributed by atoms with E-state index in [0.29, 0.717) is 34.2 Å². The molecule has 0 aliphatic carbocycles. The molecule has 8 N–H and O–H groups in total. The summed E-state index contributed by atoms with van der Waals surface area (Å²) in [6.07, 6.45) is 0. The highest BCUT2D eigenvalue weighted by Gasteiger charge is 2.09. The number of rotatable bonds is 2. The smallest absolute Gasteiger partial charge is 0.152 e. The van der Waals surface area contributed by atoms with Gasteiger partial charge in [0.1, 0.15) is 0 Å². The molecule has 0 aromatic heterocycles. The van der Waals surface area contributed by atoms with E-state index in [0.717, 1.165) is 11.1 Å². The predicted molar refractivity (Wildman–Crippen MR) is 80.1 cm³/mol. The fraction of sp³-hybridized carbons (Fsp3) is 0.143. The Morgan fingerprint density at radius 3 is 1.37 bits per heavy atom. The molecule has 5 heteroatoms. The standard InChI is InChI=1S/C14H18N4O/c1-7-3-11(17)13(5-9(7)15)19-14-6-10(16)8(2)4-12(14)18/h3-6H,15-18H2,1-2H3. The second kappa shape index (κ2) is 4.61. The zero-order valence-electron chi connectivity index (χ0n) is 11.0. The van der Waals surface area contributed by atoms with Crippen LogP contribution in [-0.4, -0.2) is 0 Å². The Labute approximate surface area is 112 Å². The van der Waals surface area contributed by atoms with Gasteiger partial charge < -0.3 is 27.7 Å². The Morgan fingerprint density at radius 1 is 0.632 bits per heavy atom. The van der Waals surface area contributed by atoms with Gasteiger partial charge in [0.25, 0.3) is 0 Å². The largest absolute Gasteiger partial charge is 0.453 e. The van der Waals surface area contributed by atoms with E-state index in [9.17, 15) is 0 Å². The van der Waals surface area contributed by atoms with Crippen molar-refractivity contribution >= 4 is 22.7 Å². The van der Waals surface area contributed by atoms with Crippen LogP contribution in [0.15, 0.2) is 24.3 Å². The zero-order chi connectivity index (χ0) is 14.2. The molecule has 0 fully saturated rings. The fourth-order valence-electron chi connectivity index (χ4n) is 1.75. The molecule has 0 aliphatic rings. The minimum absolute atomic E-state index is 0.470. The van der Waals surface area contributed by atoms with E-state index >= 15 is 0 Å². The summed E-state index contributed by atoms with van der Waals surface area (Å²) in [6, 6.07) is 6.89. The predicted octanol–water partition coefficient (Wildman–Crippen LogP) is 2.42. The van der Waals surface area contributed by atoms with Crippen LogP contribution in [0.3, 0.4) is 0 Å². The van der Waals surface area contributed by atoms with Gasteiger partial charge in [-0.25, -0.2) is 0 Å². The van der Waals surface area contributed by atoms with Gasteiger partial charge in [-0.2, -0.15) is 0 Å². The zero-order valence-corrected chi connectivity index (χ0v) is 11.0. The van der Waals surface area contributed by atoms with Crippen LogP contribution < -0.4 is 27.7 Å². The maximum absolute atomic E-state index is 5.90. The third-order valence-corrected chi connectivity index (χ3v) is 3.02. The van der Waals surface area contributed by atoms with Crippen LogP contribution in [0.1, 0.15) is 11.1 Å². The second-order valence-corrected chi connectivity index (χ2v) is 4.60. The van der Waals surface area contributed by atoms with Crippen LogP contribution in [0.4, 0.5) is 22.7 Å². The maximum atomic E-state index is 5.90. The summed E-state index contributed by atoms with van der Waals surface area (Å²) in [6.45, 7) is 3.77. The summed E-state index contributed by atoms with van der Waals surface area (Å²) < 4.78 is 5.70. The molecule has 0 amide bonds. The Balaban J connectivity index is 2.42. The van der Waals surface area contributed by atoms with Gasteiger partial charge in [0.2, 0.25) is 0 Å². The molecular weight excluding hydrogens is 240 g/mol. The van der Waals surface area contributed by atoms with Crippen LogP contribution in [0.25, 0.3) is 0 Å². The molecule has 2 rings (SSSR count). The molecule has 0 heterocycles. The molecule has 100 valence electrons. The average molecular weight is 258 g/mol. The quantitative estimate of drug-likeness (QED) is 0.618. The summed E-state index contributed by atoms with van der Waals surface area (Å²) in [7, 11) is 0. The highest BCUT2D eigenvalue weighted by Crippen LogP contribution is 2.35. The lowest BCUT2D eigenvalue weighted by molar-refractivity contribution is 0.488. The second-order valence-electron chi connectivity index (χ2n) is 4.60. The first-order valence-corrected chi connectivity index (χ1v) is 5.87. The van der Waals surface area contributed by atoms with E-state index < -0.39 is 0 Å². The van der Waals surface area contributed by atoms with E-state index in [-0.39, 0.29) is 0 Å². The number of ether oxygens (including phenoxy) is 1. The monoisotopic (exact) mass is 258 g/mol. The molecule has 0 spiro atoms. The van der Waals surface area contributed by atoms with Crippen molar-refractivity contribution in [3.8, 4) is 11.5 Å². The molecule has 2 aromatic rings. The van der Waals surface area contributed by atoms with Crippen molar-refractivity contribution < 1.29 is 4.74 Å². The van der Waals surface area contributed by atoms with Crippen molar-refractivity contribution in [3.05, 3.63) is 35.4 Å². The minimum Gasteiger partial charge on any atom is -0.453 e. The van der Waals surface area contributed by atoms with E-state index in [1.54, 1.807) is 24.3 Å². The molecular formula is C14H18N4O. The number of hydrogen-bond acceptors (Lipinski definition) is 5.